The first-order valence-corrected chi connectivity index (χ1v) is 6.45. The number of carbonyl (C=O) groups excluding carboxylic acids is 1. The first-order valence-electron chi connectivity index (χ1n) is 5.04. The van der Waals surface area contributed by atoms with E-state index in [-0.39, 0.29) is 0 Å². The Balaban J connectivity index is 0.000000396. The molecule has 0 unspecified atom stereocenters. The lowest BCUT2D eigenvalue weighted by molar-refractivity contribution is -0.0517. The van der Waals surface area contributed by atoms with Crippen LogP contribution in [0.25, 0.3) is 0 Å². The van der Waals surface area contributed by atoms with E-state index in [1.165, 1.54) is 0 Å². The molecule has 1 heterocycles. The fourth-order valence-electron chi connectivity index (χ4n) is 0.864. The SMILES string of the molecule is C[N+](C)(C)c1ccc(C=O)cn1.O=S(=O)([O-])C(F)(F)F. The van der Waals surface area contributed by atoms with E-state index in [2.05, 4.69) is 4.98 Å². The van der Waals surface area contributed by atoms with Gasteiger partial charge in [0.25, 0.3) is 0 Å². The molecule has 0 aromatic carbocycles. The molecule has 114 valence electrons. The normalized spacial score (nSPS) is 12.3. The number of alkyl halides is 3. The average molecular weight is 314 g/mol. The fraction of sp³-hybridized carbons (Fsp3) is 0.400. The molecule has 6 nitrogen and oxygen atoms in total. The second-order valence-electron chi connectivity index (χ2n) is 4.48. The number of quaternary nitrogens is 1. The Bertz CT molecular complexity index is 547. The van der Waals surface area contributed by atoms with Gasteiger partial charge in [-0.15, -0.1) is 0 Å². The number of carbonyl (C=O) groups is 1. The van der Waals surface area contributed by atoms with Crippen LogP contribution in [0.15, 0.2) is 18.3 Å². The van der Waals surface area contributed by atoms with Crippen molar-refractivity contribution in [3.05, 3.63) is 23.9 Å². The van der Waals surface area contributed by atoms with Crippen LogP contribution < -0.4 is 4.48 Å². The van der Waals surface area contributed by atoms with Gasteiger partial charge in [0, 0.05) is 17.8 Å². The molecule has 0 aliphatic rings. The summed E-state index contributed by atoms with van der Waals surface area (Å²) in [7, 11) is 0.00174. The summed E-state index contributed by atoms with van der Waals surface area (Å²) in [5.41, 5.74) is -5.03. The standard InChI is InChI=1S/C9H13N2O.CHF3O3S/c1-11(2,3)9-5-4-8(7-12)6-10-9;2-1(3,4)8(5,6)7/h4-7H,1-3H3;(H,5,6,7)/q+1;/p-1. The minimum absolute atomic E-state index is 0.618. The number of halogens is 3. The molecule has 0 fully saturated rings. The Hall–Kier alpha value is -1.52. The van der Waals surface area contributed by atoms with E-state index < -0.39 is 15.6 Å². The van der Waals surface area contributed by atoms with E-state index in [1.807, 2.05) is 27.2 Å². The van der Waals surface area contributed by atoms with Crippen molar-refractivity contribution in [2.45, 2.75) is 5.51 Å². The maximum Gasteiger partial charge on any atom is 0.485 e. The van der Waals surface area contributed by atoms with Gasteiger partial charge in [-0.05, 0) is 6.07 Å². The van der Waals surface area contributed by atoms with Gasteiger partial charge in [0.2, 0.25) is 5.82 Å². The summed E-state index contributed by atoms with van der Waals surface area (Å²) in [5.74, 6) is 0.945. The van der Waals surface area contributed by atoms with Crippen LogP contribution in [0.4, 0.5) is 19.0 Å². The quantitative estimate of drug-likeness (QED) is 0.353. The summed E-state index contributed by atoms with van der Waals surface area (Å²) in [5, 5.41) is 0. The summed E-state index contributed by atoms with van der Waals surface area (Å²) < 4.78 is 59.6. The molecule has 0 radical (unpaired) electrons. The highest BCUT2D eigenvalue weighted by Gasteiger charge is 2.36. The lowest BCUT2D eigenvalue weighted by atomic mass is 10.3. The Morgan fingerprint density at radius 1 is 1.25 bits per heavy atom. The molecule has 20 heavy (non-hydrogen) atoms. The number of hydrogen-bond acceptors (Lipinski definition) is 5. The molecule has 0 atom stereocenters. The van der Waals surface area contributed by atoms with Crippen LogP contribution in [0, 0.1) is 0 Å². The first kappa shape index (κ1) is 18.5. The smallest absolute Gasteiger partial charge is 0.485 e. The number of aldehydes is 1. The molecule has 0 bridgehead atoms. The van der Waals surface area contributed by atoms with Gasteiger partial charge in [-0.25, -0.2) is 13.4 Å². The molecule has 0 spiro atoms. The lowest BCUT2D eigenvalue weighted by Gasteiger charge is -2.21. The van der Waals surface area contributed by atoms with Gasteiger partial charge >= 0.3 is 5.51 Å². The van der Waals surface area contributed by atoms with Gasteiger partial charge in [-0.3, -0.25) is 9.28 Å². The van der Waals surface area contributed by atoms with Crippen LogP contribution in [0.1, 0.15) is 10.4 Å². The monoisotopic (exact) mass is 314 g/mol. The predicted octanol–water partition coefficient (Wildman–Crippen LogP) is 1.14. The average Bonchev–Trinajstić information content (AvgIpc) is 2.26. The van der Waals surface area contributed by atoms with Crippen LogP contribution >= 0.6 is 0 Å². The number of aromatic nitrogens is 1. The van der Waals surface area contributed by atoms with Gasteiger partial charge in [-0.1, -0.05) is 0 Å². The van der Waals surface area contributed by atoms with Gasteiger partial charge in [0.1, 0.15) is 0 Å². The highest BCUT2D eigenvalue weighted by atomic mass is 32.2. The van der Waals surface area contributed by atoms with Crippen LogP contribution in [0.5, 0.6) is 0 Å². The summed E-state index contributed by atoms with van der Waals surface area (Å²) >= 11 is 0. The molecule has 0 amide bonds. The highest BCUT2D eigenvalue weighted by molar-refractivity contribution is 7.86. The number of nitrogens with zero attached hydrogens (tertiary/aromatic N) is 2. The van der Waals surface area contributed by atoms with Gasteiger partial charge in [-0.2, -0.15) is 13.2 Å². The van der Waals surface area contributed by atoms with Crippen molar-refractivity contribution < 1.29 is 30.9 Å². The van der Waals surface area contributed by atoms with Gasteiger partial charge in [0.15, 0.2) is 16.4 Å². The summed E-state index contributed by atoms with van der Waals surface area (Å²) in [6, 6.07) is 3.64. The second kappa shape index (κ2) is 6.29. The molecule has 0 saturated heterocycles. The third-order valence-corrected chi connectivity index (χ3v) is 2.44. The fourth-order valence-corrected chi connectivity index (χ4v) is 0.864. The molecule has 0 saturated carbocycles. The molecular formula is C10H13F3N2O4S. The zero-order valence-electron chi connectivity index (χ0n) is 10.9. The molecule has 0 aliphatic heterocycles. The minimum Gasteiger partial charge on any atom is -0.741 e. The van der Waals surface area contributed by atoms with Crippen LogP contribution in [-0.4, -0.2) is 50.9 Å². The zero-order chi connectivity index (χ0) is 16.2. The van der Waals surface area contributed by atoms with Crippen molar-refractivity contribution in [3.63, 3.8) is 0 Å². The molecule has 0 aliphatic carbocycles. The van der Waals surface area contributed by atoms with Crippen molar-refractivity contribution in [1.29, 1.82) is 0 Å². The van der Waals surface area contributed by atoms with Crippen molar-refractivity contribution in [3.8, 4) is 0 Å². The van der Waals surface area contributed by atoms with E-state index in [1.54, 1.807) is 12.3 Å². The van der Waals surface area contributed by atoms with Crippen molar-refractivity contribution in [2.75, 3.05) is 21.1 Å². The Kier molecular flexibility index (Phi) is 5.81. The Labute approximate surface area is 114 Å². The summed E-state index contributed by atoms with van der Waals surface area (Å²) in [6.07, 6.45) is 2.39. The predicted molar refractivity (Wildman–Crippen MR) is 64.9 cm³/mol. The molecule has 1 rings (SSSR count). The van der Waals surface area contributed by atoms with E-state index in [0.29, 0.717) is 10.0 Å². The number of pyridine rings is 1. The van der Waals surface area contributed by atoms with Gasteiger partial charge < -0.3 is 4.55 Å². The van der Waals surface area contributed by atoms with Crippen LogP contribution in [0.2, 0.25) is 0 Å². The molecule has 10 heteroatoms. The largest absolute Gasteiger partial charge is 0.741 e. The summed E-state index contributed by atoms with van der Waals surface area (Å²) in [6.45, 7) is 0. The van der Waals surface area contributed by atoms with Crippen molar-refractivity contribution in [1.82, 2.24) is 9.47 Å². The lowest BCUT2D eigenvalue weighted by Crippen LogP contribution is -2.35. The minimum atomic E-state index is -6.09. The third-order valence-electron chi connectivity index (χ3n) is 1.88. The van der Waals surface area contributed by atoms with E-state index in [0.717, 1.165) is 12.1 Å². The maximum absolute atomic E-state index is 10.7. The number of rotatable bonds is 2. The van der Waals surface area contributed by atoms with Crippen LogP contribution in [0.3, 0.4) is 0 Å². The summed E-state index contributed by atoms with van der Waals surface area (Å²) in [4.78, 5) is 14.5. The highest BCUT2D eigenvalue weighted by Crippen LogP contribution is 2.20. The van der Waals surface area contributed by atoms with E-state index >= 15 is 0 Å². The Morgan fingerprint density at radius 3 is 1.90 bits per heavy atom. The van der Waals surface area contributed by atoms with Crippen molar-refractivity contribution >= 4 is 22.2 Å². The molecule has 0 N–H and O–H groups in total. The molecule has 1 aromatic heterocycles. The van der Waals surface area contributed by atoms with E-state index in [4.69, 9.17) is 13.0 Å². The van der Waals surface area contributed by atoms with Crippen LogP contribution in [-0.2, 0) is 10.1 Å². The second-order valence-corrected chi connectivity index (χ2v) is 5.85. The topological polar surface area (TPSA) is 87.2 Å². The van der Waals surface area contributed by atoms with Crippen molar-refractivity contribution in [2.24, 2.45) is 0 Å². The first-order chi connectivity index (χ1) is 8.79. The Morgan fingerprint density at radius 2 is 1.70 bits per heavy atom. The third kappa shape index (κ3) is 6.08. The number of hydrogen-bond donors (Lipinski definition) is 0. The van der Waals surface area contributed by atoms with Gasteiger partial charge in [0.05, 0.1) is 21.1 Å². The molecular weight excluding hydrogens is 301 g/mol. The van der Waals surface area contributed by atoms with E-state index in [9.17, 15) is 18.0 Å². The zero-order valence-corrected chi connectivity index (χ0v) is 11.7. The molecule has 1 aromatic rings. The maximum atomic E-state index is 10.7.